The lowest BCUT2D eigenvalue weighted by Gasteiger charge is -2.21. The molecule has 0 fully saturated rings. The lowest BCUT2D eigenvalue weighted by Crippen LogP contribution is -2.24. The van der Waals surface area contributed by atoms with E-state index >= 15 is 0 Å². The smallest absolute Gasteiger partial charge is 0.225 e. The van der Waals surface area contributed by atoms with E-state index in [4.69, 9.17) is 21.1 Å². The first-order valence-corrected chi connectivity index (χ1v) is 6.99. The third kappa shape index (κ3) is 3.76. The van der Waals surface area contributed by atoms with Crippen LogP contribution in [0.2, 0.25) is 5.02 Å². The second-order valence-corrected chi connectivity index (χ2v) is 4.84. The average Bonchev–Trinajstić information content (AvgIpc) is 2.53. The largest absolute Gasteiger partial charge is 0.493 e. The van der Waals surface area contributed by atoms with E-state index in [1.807, 2.05) is 18.2 Å². The van der Waals surface area contributed by atoms with Crippen molar-refractivity contribution >= 4 is 17.5 Å². The summed E-state index contributed by atoms with van der Waals surface area (Å²) in [6.07, 6.45) is 3.20. The standard InChI is InChI=1S/C15H18ClN3O2/c1-4-19(15-17-8-12(16)9-18-15)10-11-5-6-13(20-2)14(7-11)21-3/h5-9H,4,10H2,1-3H3. The van der Waals surface area contributed by atoms with Gasteiger partial charge in [0.1, 0.15) is 0 Å². The van der Waals surface area contributed by atoms with E-state index < -0.39 is 0 Å². The Labute approximate surface area is 129 Å². The lowest BCUT2D eigenvalue weighted by molar-refractivity contribution is 0.354. The summed E-state index contributed by atoms with van der Waals surface area (Å²) in [6.45, 7) is 3.52. The highest BCUT2D eigenvalue weighted by Crippen LogP contribution is 2.28. The molecule has 0 aliphatic heterocycles. The average molecular weight is 308 g/mol. The Morgan fingerprint density at radius 2 is 1.76 bits per heavy atom. The number of aromatic nitrogens is 2. The Balaban J connectivity index is 2.20. The number of anilines is 1. The van der Waals surface area contributed by atoms with Crippen molar-refractivity contribution in [3.8, 4) is 11.5 Å². The van der Waals surface area contributed by atoms with Crippen LogP contribution in [-0.4, -0.2) is 30.7 Å². The summed E-state index contributed by atoms with van der Waals surface area (Å²) >= 11 is 5.82. The molecule has 1 heterocycles. The van der Waals surface area contributed by atoms with Crippen molar-refractivity contribution in [1.29, 1.82) is 0 Å². The van der Waals surface area contributed by atoms with Crippen molar-refractivity contribution < 1.29 is 9.47 Å². The van der Waals surface area contributed by atoms with Crippen molar-refractivity contribution in [1.82, 2.24) is 9.97 Å². The highest BCUT2D eigenvalue weighted by atomic mass is 35.5. The molecule has 0 bridgehead atoms. The van der Waals surface area contributed by atoms with Crippen LogP contribution in [0, 0.1) is 0 Å². The van der Waals surface area contributed by atoms with Gasteiger partial charge in [-0.2, -0.15) is 0 Å². The highest BCUT2D eigenvalue weighted by molar-refractivity contribution is 6.30. The van der Waals surface area contributed by atoms with Gasteiger partial charge in [-0.15, -0.1) is 0 Å². The molecule has 5 nitrogen and oxygen atoms in total. The summed E-state index contributed by atoms with van der Waals surface area (Å²) in [5.74, 6) is 2.08. The molecule has 0 N–H and O–H groups in total. The van der Waals surface area contributed by atoms with E-state index in [2.05, 4.69) is 21.8 Å². The topological polar surface area (TPSA) is 47.5 Å². The Kier molecular flexibility index (Phi) is 5.22. The van der Waals surface area contributed by atoms with Crippen molar-refractivity contribution in [2.75, 3.05) is 25.7 Å². The molecule has 6 heteroatoms. The fraction of sp³-hybridized carbons (Fsp3) is 0.333. The highest BCUT2D eigenvalue weighted by Gasteiger charge is 2.10. The van der Waals surface area contributed by atoms with Crippen molar-refractivity contribution in [3.05, 3.63) is 41.2 Å². The third-order valence-corrected chi connectivity index (χ3v) is 3.29. The molecule has 0 spiro atoms. The molecular formula is C15H18ClN3O2. The minimum absolute atomic E-state index is 0.529. The van der Waals surface area contributed by atoms with E-state index in [9.17, 15) is 0 Å². The summed E-state index contributed by atoms with van der Waals surface area (Å²) < 4.78 is 10.6. The van der Waals surface area contributed by atoms with Crippen LogP contribution in [0.5, 0.6) is 11.5 Å². The molecule has 0 saturated carbocycles. The number of hydrogen-bond acceptors (Lipinski definition) is 5. The van der Waals surface area contributed by atoms with E-state index in [0.29, 0.717) is 29.0 Å². The van der Waals surface area contributed by atoms with Crippen LogP contribution < -0.4 is 14.4 Å². The van der Waals surface area contributed by atoms with Crippen molar-refractivity contribution in [2.45, 2.75) is 13.5 Å². The molecule has 0 aliphatic rings. The molecule has 2 aromatic rings. The number of ether oxygens (including phenoxy) is 2. The molecule has 0 atom stereocenters. The minimum Gasteiger partial charge on any atom is -0.493 e. The predicted octanol–water partition coefficient (Wildman–Crippen LogP) is 3.17. The van der Waals surface area contributed by atoms with E-state index in [0.717, 1.165) is 12.1 Å². The van der Waals surface area contributed by atoms with Gasteiger partial charge in [0.05, 0.1) is 31.6 Å². The SMILES string of the molecule is CCN(Cc1ccc(OC)c(OC)c1)c1ncc(Cl)cn1. The maximum absolute atomic E-state index is 5.82. The van der Waals surface area contributed by atoms with Gasteiger partial charge in [0, 0.05) is 13.1 Å². The van der Waals surface area contributed by atoms with Crippen LogP contribution in [0.3, 0.4) is 0 Å². The van der Waals surface area contributed by atoms with Gasteiger partial charge in [-0.05, 0) is 24.6 Å². The van der Waals surface area contributed by atoms with E-state index in [1.54, 1.807) is 26.6 Å². The number of rotatable bonds is 6. The molecule has 0 unspecified atom stereocenters. The summed E-state index contributed by atoms with van der Waals surface area (Å²) in [5.41, 5.74) is 1.09. The monoisotopic (exact) mass is 307 g/mol. The molecule has 21 heavy (non-hydrogen) atoms. The Morgan fingerprint density at radius 1 is 1.10 bits per heavy atom. The summed E-state index contributed by atoms with van der Waals surface area (Å²) in [5, 5.41) is 0.529. The number of methoxy groups -OCH3 is 2. The van der Waals surface area contributed by atoms with Crippen LogP contribution in [0.4, 0.5) is 5.95 Å². The van der Waals surface area contributed by atoms with Crippen LogP contribution in [-0.2, 0) is 6.54 Å². The van der Waals surface area contributed by atoms with Gasteiger partial charge >= 0.3 is 0 Å². The second-order valence-electron chi connectivity index (χ2n) is 4.40. The molecule has 0 amide bonds. The predicted molar refractivity (Wildman–Crippen MR) is 83.3 cm³/mol. The molecule has 1 aromatic heterocycles. The van der Waals surface area contributed by atoms with Gasteiger partial charge in [0.25, 0.3) is 0 Å². The zero-order chi connectivity index (χ0) is 15.2. The minimum atomic E-state index is 0.529. The molecular weight excluding hydrogens is 290 g/mol. The first-order valence-electron chi connectivity index (χ1n) is 6.61. The number of nitrogens with zero attached hydrogens (tertiary/aromatic N) is 3. The Bertz CT molecular complexity index is 590. The summed E-state index contributed by atoms with van der Waals surface area (Å²) in [7, 11) is 3.25. The molecule has 0 aliphatic carbocycles. The second kappa shape index (κ2) is 7.13. The molecule has 1 aromatic carbocycles. The van der Waals surface area contributed by atoms with E-state index in [-0.39, 0.29) is 0 Å². The Hall–Kier alpha value is -2.01. The number of halogens is 1. The van der Waals surface area contributed by atoms with Gasteiger partial charge in [-0.25, -0.2) is 9.97 Å². The normalized spacial score (nSPS) is 10.3. The fourth-order valence-electron chi connectivity index (χ4n) is 1.99. The molecule has 0 radical (unpaired) electrons. The summed E-state index contributed by atoms with van der Waals surface area (Å²) in [6, 6.07) is 5.85. The first-order chi connectivity index (χ1) is 10.2. The van der Waals surface area contributed by atoms with Gasteiger partial charge in [0.2, 0.25) is 5.95 Å². The number of hydrogen-bond donors (Lipinski definition) is 0. The maximum Gasteiger partial charge on any atom is 0.225 e. The Morgan fingerprint density at radius 3 is 2.33 bits per heavy atom. The van der Waals surface area contributed by atoms with Crippen LogP contribution in [0.25, 0.3) is 0 Å². The van der Waals surface area contributed by atoms with Gasteiger partial charge in [-0.3, -0.25) is 0 Å². The van der Waals surface area contributed by atoms with Gasteiger partial charge in [0.15, 0.2) is 11.5 Å². The number of benzene rings is 1. The van der Waals surface area contributed by atoms with Gasteiger partial charge in [-0.1, -0.05) is 17.7 Å². The molecule has 0 saturated heterocycles. The van der Waals surface area contributed by atoms with Crippen molar-refractivity contribution in [2.24, 2.45) is 0 Å². The van der Waals surface area contributed by atoms with Crippen LogP contribution >= 0.6 is 11.6 Å². The van der Waals surface area contributed by atoms with Crippen LogP contribution in [0.1, 0.15) is 12.5 Å². The zero-order valence-electron chi connectivity index (χ0n) is 12.3. The van der Waals surface area contributed by atoms with Crippen LogP contribution in [0.15, 0.2) is 30.6 Å². The first kappa shape index (κ1) is 15.4. The van der Waals surface area contributed by atoms with Crippen molar-refractivity contribution in [3.63, 3.8) is 0 Å². The summed E-state index contributed by atoms with van der Waals surface area (Å²) in [4.78, 5) is 10.6. The molecule has 2 rings (SSSR count). The molecule has 112 valence electrons. The van der Waals surface area contributed by atoms with E-state index in [1.165, 1.54) is 0 Å². The quantitative estimate of drug-likeness (QED) is 0.820. The lowest BCUT2D eigenvalue weighted by atomic mass is 10.2. The van der Waals surface area contributed by atoms with Gasteiger partial charge < -0.3 is 14.4 Å². The maximum atomic E-state index is 5.82. The third-order valence-electron chi connectivity index (χ3n) is 3.09. The fourth-order valence-corrected chi connectivity index (χ4v) is 2.09. The zero-order valence-corrected chi connectivity index (χ0v) is 13.1.